The molecule has 1 heterocycles. The van der Waals surface area contributed by atoms with Crippen LogP contribution in [0.4, 0.5) is 26.3 Å². The number of halogens is 6. The highest BCUT2D eigenvalue weighted by Crippen LogP contribution is 2.52. The number of hydrogen-bond donors (Lipinski definition) is 0. The Bertz CT molecular complexity index is 583. The van der Waals surface area contributed by atoms with Gasteiger partial charge < -0.3 is 4.74 Å². The van der Waals surface area contributed by atoms with Crippen molar-refractivity contribution in [1.82, 2.24) is 4.98 Å². The maximum atomic E-state index is 14.1. The largest absolute Gasteiger partial charge is 0.488 e. The Morgan fingerprint density at radius 1 is 1.14 bits per heavy atom. The normalized spacial score (nSPS) is 34.2. The molecule has 2 aliphatic rings. The van der Waals surface area contributed by atoms with Crippen LogP contribution in [-0.2, 0) is 6.18 Å². The molecule has 0 unspecified atom stereocenters. The van der Waals surface area contributed by atoms with Crippen LogP contribution < -0.4 is 4.74 Å². The molecule has 0 radical (unpaired) electrons. The van der Waals surface area contributed by atoms with Crippen LogP contribution >= 0.6 is 0 Å². The maximum absolute atomic E-state index is 14.1. The van der Waals surface area contributed by atoms with Gasteiger partial charge in [-0.2, -0.15) is 13.2 Å². The third-order valence-corrected chi connectivity index (χ3v) is 4.21. The highest BCUT2D eigenvalue weighted by Gasteiger charge is 2.49. The van der Waals surface area contributed by atoms with Crippen LogP contribution in [-0.4, -0.2) is 23.4 Å². The molecule has 122 valence electrons. The number of rotatable bonds is 2. The number of nitrogens with zero attached hydrogens (tertiary/aromatic N) is 1. The van der Waals surface area contributed by atoms with Gasteiger partial charge in [-0.15, -0.1) is 0 Å². The zero-order valence-electron chi connectivity index (χ0n) is 11.5. The summed E-state index contributed by atoms with van der Waals surface area (Å²) in [5, 5.41) is 0. The molecule has 0 saturated heterocycles. The van der Waals surface area contributed by atoms with Crippen molar-refractivity contribution in [3.05, 3.63) is 23.0 Å². The van der Waals surface area contributed by atoms with Gasteiger partial charge in [-0.3, -0.25) is 0 Å². The Labute approximate surface area is 122 Å². The third-order valence-electron chi connectivity index (χ3n) is 4.21. The summed E-state index contributed by atoms with van der Waals surface area (Å²) in [4.78, 5) is 3.29. The van der Waals surface area contributed by atoms with Crippen LogP contribution in [0.3, 0.4) is 0 Å². The second-order valence-corrected chi connectivity index (χ2v) is 5.74. The van der Waals surface area contributed by atoms with Crippen LogP contribution in [0, 0.1) is 0 Å². The van der Waals surface area contributed by atoms with Crippen LogP contribution in [0.15, 0.2) is 6.20 Å². The molecule has 0 N–H and O–H groups in total. The second-order valence-electron chi connectivity index (χ2n) is 5.74. The highest BCUT2D eigenvalue weighted by atomic mass is 19.4. The molecule has 1 saturated carbocycles. The monoisotopic (exact) mass is 325 g/mol. The smallest absolute Gasteiger partial charge is 0.433 e. The lowest BCUT2D eigenvalue weighted by atomic mass is 9.93. The molecule has 0 spiro atoms. The molecule has 0 aromatic carbocycles. The van der Waals surface area contributed by atoms with E-state index in [0.717, 1.165) is 6.20 Å². The van der Waals surface area contributed by atoms with Crippen molar-refractivity contribution in [2.24, 2.45) is 0 Å². The van der Waals surface area contributed by atoms with Crippen LogP contribution in [0.25, 0.3) is 0 Å². The van der Waals surface area contributed by atoms with Gasteiger partial charge in [0.2, 0.25) is 0 Å². The standard InChI is InChI=1S/C14H13F6NO/c1-5-9-10(12(17)11(5)16)8(22-7-2-6(15)3-7)4-21-13(9)14(18,19)20/h4-7,11-12H,2-3H2,1H3/t5-,6?,7?,11-,12+/m0/s1. The van der Waals surface area contributed by atoms with Gasteiger partial charge in [0, 0.05) is 24.3 Å². The number of pyridine rings is 1. The number of hydrogen-bond acceptors (Lipinski definition) is 2. The minimum Gasteiger partial charge on any atom is -0.488 e. The SMILES string of the molecule is C[C@H]1c2c(C(F)(F)F)ncc(OC3CC(F)C3)c2[C@@H](F)[C@H]1F. The lowest BCUT2D eigenvalue weighted by Gasteiger charge is -2.31. The van der Waals surface area contributed by atoms with E-state index < -0.39 is 53.5 Å². The minimum atomic E-state index is -4.80. The molecule has 8 heteroatoms. The van der Waals surface area contributed by atoms with E-state index in [2.05, 4.69) is 4.98 Å². The first-order valence-corrected chi connectivity index (χ1v) is 6.89. The first-order valence-electron chi connectivity index (χ1n) is 6.89. The van der Waals surface area contributed by atoms with Crippen LogP contribution in [0.1, 0.15) is 48.7 Å². The Kier molecular flexibility index (Phi) is 3.52. The predicted octanol–water partition coefficient (Wildman–Crippen LogP) is 4.45. The van der Waals surface area contributed by atoms with E-state index in [1.54, 1.807) is 0 Å². The van der Waals surface area contributed by atoms with Crippen molar-refractivity contribution in [3.63, 3.8) is 0 Å². The summed E-state index contributed by atoms with van der Waals surface area (Å²) in [6, 6.07) is 0. The molecule has 22 heavy (non-hydrogen) atoms. The van der Waals surface area contributed by atoms with Gasteiger partial charge in [0.25, 0.3) is 0 Å². The molecular formula is C14H13F6NO. The summed E-state index contributed by atoms with van der Waals surface area (Å²) in [5.74, 6) is -1.49. The molecule has 3 atom stereocenters. The third kappa shape index (κ3) is 2.32. The average molecular weight is 325 g/mol. The Morgan fingerprint density at radius 3 is 2.32 bits per heavy atom. The van der Waals surface area contributed by atoms with Gasteiger partial charge in [-0.05, 0) is 5.56 Å². The Balaban J connectivity index is 2.04. The predicted molar refractivity (Wildman–Crippen MR) is 64.9 cm³/mol. The molecule has 0 bridgehead atoms. The summed E-state index contributed by atoms with van der Waals surface area (Å²) in [7, 11) is 0. The second kappa shape index (κ2) is 5.03. The zero-order chi connectivity index (χ0) is 16.2. The molecule has 0 aliphatic heterocycles. The zero-order valence-corrected chi connectivity index (χ0v) is 11.5. The van der Waals surface area contributed by atoms with Crippen molar-refractivity contribution in [2.75, 3.05) is 0 Å². The van der Waals surface area contributed by atoms with Crippen molar-refractivity contribution < 1.29 is 31.1 Å². The topological polar surface area (TPSA) is 22.1 Å². The van der Waals surface area contributed by atoms with Gasteiger partial charge in [0.15, 0.2) is 6.17 Å². The summed E-state index contributed by atoms with van der Waals surface area (Å²) >= 11 is 0. The quantitative estimate of drug-likeness (QED) is 0.750. The molecule has 1 aromatic rings. The highest BCUT2D eigenvalue weighted by molar-refractivity contribution is 5.50. The minimum absolute atomic E-state index is 0.0847. The van der Waals surface area contributed by atoms with Gasteiger partial charge in [-0.1, -0.05) is 6.92 Å². The van der Waals surface area contributed by atoms with E-state index in [9.17, 15) is 26.3 Å². The summed E-state index contributed by atoms with van der Waals surface area (Å²) < 4.78 is 85.1. The fourth-order valence-corrected chi connectivity index (χ4v) is 2.94. The molecule has 0 amide bonds. The Morgan fingerprint density at radius 2 is 1.77 bits per heavy atom. The number of ether oxygens (including phenoxy) is 1. The number of alkyl halides is 6. The number of aromatic nitrogens is 1. The average Bonchev–Trinajstić information content (AvgIpc) is 2.62. The van der Waals surface area contributed by atoms with Crippen molar-refractivity contribution in [3.8, 4) is 5.75 Å². The number of fused-ring (bicyclic) bond motifs is 1. The van der Waals surface area contributed by atoms with E-state index in [-0.39, 0.29) is 18.6 Å². The van der Waals surface area contributed by atoms with E-state index in [0.29, 0.717) is 0 Å². The maximum Gasteiger partial charge on any atom is 0.433 e. The molecule has 2 aliphatic carbocycles. The van der Waals surface area contributed by atoms with Crippen molar-refractivity contribution >= 4 is 0 Å². The summed E-state index contributed by atoms with van der Waals surface area (Å²) in [6.45, 7) is 1.19. The van der Waals surface area contributed by atoms with E-state index >= 15 is 0 Å². The van der Waals surface area contributed by atoms with Crippen molar-refractivity contribution in [1.29, 1.82) is 0 Å². The van der Waals surface area contributed by atoms with Crippen LogP contribution in [0.5, 0.6) is 5.75 Å². The first kappa shape index (κ1) is 15.4. The van der Waals surface area contributed by atoms with Gasteiger partial charge in [-0.25, -0.2) is 18.2 Å². The fraction of sp³-hybridized carbons (Fsp3) is 0.643. The van der Waals surface area contributed by atoms with E-state index in [4.69, 9.17) is 4.74 Å². The van der Waals surface area contributed by atoms with Crippen molar-refractivity contribution in [2.45, 2.75) is 56.5 Å². The summed E-state index contributed by atoms with van der Waals surface area (Å²) in [5.41, 5.74) is -2.23. The molecule has 1 aromatic heterocycles. The lowest BCUT2D eigenvalue weighted by molar-refractivity contribution is -0.142. The van der Waals surface area contributed by atoms with E-state index in [1.807, 2.05) is 0 Å². The molecule has 2 nitrogen and oxygen atoms in total. The Hall–Kier alpha value is -1.47. The molecular weight excluding hydrogens is 312 g/mol. The molecule has 1 fully saturated rings. The molecule has 3 rings (SSSR count). The van der Waals surface area contributed by atoms with Gasteiger partial charge in [0.1, 0.15) is 29.9 Å². The van der Waals surface area contributed by atoms with Crippen LogP contribution in [0.2, 0.25) is 0 Å². The van der Waals surface area contributed by atoms with E-state index in [1.165, 1.54) is 6.92 Å². The first-order chi connectivity index (χ1) is 10.2. The lowest BCUT2D eigenvalue weighted by Crippen LogP contribution is -2.35. The van der Waals surface area contributed by atoms with Gasteiger partial charge in [0.05, 0.1) is 6.20 Å². The summed E-state index contributed by atoms with van der Waals surface area (Å²) in [6.07, 6.45) is -9.74. The fourth-order valence-electron chi connectivity index (χ4n) is 2.94. The van der Waals surface area contributed by atoms with Gasteiger partial charge >= 0.3 is 6.18 Å².